The number of amides is 2. The van der Waals surface area contributed by atoms with Gasteiger partial charge in [0.2, 0.25) is 5.91 Å². The molecule has 0 aliphatic rings. The Kier molecular flexibility index (Phi) is 7.67. The number of ketones is 1. The molecular weight excluding hydrogens is 284 g/mol. The molecule has 0 saturated heterocycles. The van der Waals surface area contributed by atoms with Gasteiger partial charge in [0.15, 0.2) is 5.78 Å². The smallest absolute Gasteiger partial charge is 0.404 e. The lowest BCUT2D eigenvalue weighted by molar-refractivity contribution is -0.125. The van der Waals surface area contributed by atoms with Gasteiger partial charge in [-0.05, 0) is 17.9 Å². The van der Waals surface area contributed by atoms with Crippen LogP contribution >= 0.6 is 0 Å². The van der Waals surface area contributed by atoms with Crippen molar-refractivity contribution in [1.82, 2.24) is 10.6 Å². The van der Waals surface area contributed by atoms with Crippen LogP contribution in [0.1, 0.15) is 25.3 Å². The molecule has 0 spiro atoms. The van der Waals surface area contributed by atoms with Crippen LogP contribution in [0.25, 0.3) is 0 Å². The summed E-state index contributed by atoms with van der Waals surface area (Å²) in [6.45, 7) is 2.21. The Bertz CT molecular complexity index is 502. The Morgan fingerprint density at radius 3 is 2.45 bits per heavy atom. The lowest BCUT2D eigenvalue weighted by atomic mass is 10.0. The molecule has 120 valence electrons. The van der Waals surface area contributed by atoms with E-state index in [9.17, 15) is 14.4 Å². The molecule has 0 aliphatic carbocycles. The molecule has 0 aromatic heterocycles. The van der Waals surface area contributed by atoms with Crippen molar-refractivity contribution < 1.29 is 19.5 Å². The molecule has 6 nitrogen and oxygen atoms in total. The number of carbonyl (C=O) groups excluding carboxylic acids is 2. The summed E-state index contributed by atoms with van der Waals surface area (Å²) < 4.78 is 0. The molecule has 0 fully saturated rings. The van der Waals surface area contributed by atoms with Gasteiger partial charge in [0.25, 0.3) is 0 Å². The van der Waals surface area contributed by atoms with E-state index in [-0.39, 0.29) is 30.6 Å². The molecule has 1 unspecified atom stereocenters. The predicted molar refractivity (Wildman–Crippen MR) is 82.6 cm³/mol. The van der Waals surface area contributed by atoms with Gasteiger partial charge >= 0.3 is 6.09 Å². The topological polar surface area (TPSA) is 95.5 Å². The summed E-state index contributed by atoms with van der Waals surface area (Å²) in [5.74, 6) is -0.181. The van der Waals surface area contributed by atoms with E-state index in [0.717, 1.165) is 5.56 Å². The Morgan fingerprint density at radius 2 is 1.82 bits per heavy atom. The number of benzene rings is 1. The summed E-state index contributed by atoms with van der Waals surface area (Å²) in [6.07, 6.45) is 0.0970. The SMILES string of the molecule is CC(CCNC(=O)O)CC(=O)NCC(=O)Cc1ccccc1. The normalized spacial score (nSPS) is 11.5. The molecule has 22 heavy (non-hydrogen) atoms. The fraction of sp³-hybridized carbons (Fsp3) is 0.438. The van der Waals surface area contributed by atoms with E-state index in [0.29, 0.717) is 19.4 Å². The van der Waals surface area contributed by atoms with Crippen LogP contribution in [0.4, 0.5) is 4.79 Å². The average Bonchev–Trinajstić information content (AvgIpc) is 2.46. The maximum atomic E-state index is 11.8. The summed E-state index contributed by atoms with van der Waals surface area (Å²) in [6, 6.07) is 9.37. The number of rotatable bonds is 9. The van der Waals surface area contributed by atoms with Crippen LogP contribution < -0.4 is 10.6 Å². The third kappa shape index (κ3) is 8.04. The van der Waals surface area contributed by atoms with Crippen molar-refractivity contribution in [2.75, 3.05) is 13.1 Å². The first-order valence-corrected chi connectivity index (χ1v) is 7.26. The first-order chi connectivity index (χ1) is 10.5. The first-order valence-electron chi connectivity index (χ1n) is 7.26. The zero-order valence-corrected chi connectivity index (χ0v) is 12.7. The lowest BCUT2D eigenvalue weighted by Crippen LogP contribution is -2.32. The molecule has 0 saturated carbocycles. The van der Waals surface area contributed by atoms with E-state index >= 15 is 0 Å². The van der Waals surface area contributed by atoms with Gasteiger partial charge in [0.1, 0.15) is 0 Å². The monoisotopic (exact) mass is 306 g/mol. The largest absolute Gasteiger partial charge is 0.465 e. The average molecular weight is 306 g/mol. The fourth-order valence-electron chi connectivity index (χ4n) is 2.00. The van der Waals surface area contributed by atoms with Crippen molar-refractivity contribution in [3.05, 3.63) is 35.9 Å². The molecule has 6 heteroatoms. The minimum Gasteiger partial charge on any atom is -0.465 e. The second kappa shape index (κ2) is 9.55. The van der Waals surface area contributed by atoms with Gasteiger partial charge in [0, 0.05) is 19.4 Å². The summed E-state index contributed by atoms with van der Waals surface area (Å²) in [5, 5.41) is 13.3. The van der Waals surface area contributed by atoms with Crippen molar-refractivity contribution in [3.8, 4) is 0 Å². The van der Waals surface area contributed by atoms with Gasteiger partial charge in [-0.25, -0.2) is 4.79 Å². The Balaban J connectivity index is 2.19. The van der Waals surface area contributed by atoms with Crippen LogP contribution in [-0.2, 0) is 16.0 Å². The quantitative estimate of drug-likeness (QED) is 0.645. The van der Waals surface area contributed by atoms with E-state index < -0.39 is 6.09 Å². The summed E-state index contributed by atoms with van der Waals surface area (Å²) in [7, 11) is 0. The van der Waals surface area contributed by atoms with Gasteiger partial charge in [-0.15, -0.1) is 0 Å². The highest BCUT2D eigenvalue weighted by Crippen LogP contribution is 2.06. The maximum absolute atomic E-state index is 11.8. The van der Waals surface area contributed by atoms with Crippen molar-refractivity contribution in [2.45, 2.75) is 26.2 Å². The second-order valence-corrected chi connectivity index (χ2v) is 5.31. The van der Waals surface area contributed by atoms with E-state index in [2.05, 4.69) is 10.6 Å². The molecule has 0 bridgehead atoms. The Morgan fingerprint density at radius 1 is 1.14 bits per heavy atom. The number of Topliss-reactive ketones (excluding diaryl/α,β-unsaturated/α-hetero) is 1. The number of carbonyl (C=O) groups is 3. The lowest BCUT2D eigenvalue weighted by Gasteiger charge is -2.11. The van der Waals surface area contributed by atoms with E-state index in [1.54, 1.807) is 0 Å². The number of hydrogen-bond donors (Lipinski definition) is 3. The molecule has 0 aliphatic heterocycles. The van der Waals surface area contributed by atoms with Crippen LogP contribution in [-0.4, -0.2) is 36.0 Å². The zero-order chi connectivity index (χ0) is 16.4. The van der Waals surface area contributed by atoms with Crippen LogP contribution in [0.15, 0.2) is 30.3 Å². The Labute approximate surface area is 129 Å². The first kappa shape index (κ1) is 17.7. The fourth-order valence-corrected chi connectivity index (χ4v) is 2.00. The maximum Gasteiger partial charge on any atom is 0.404 e. The van der Waals surface area contributed by atoms with Crippen molar-refractivity contribution in [3.63, 3.8) is 0 Å². The highest BCUT2D eigenvalue weighted by Gasteiger charge is 2.11. The predicted octanol–water partition coefficient (Wildman–Crippen LogP) is 1.60. The minimum atomic E-state index is -1.07. The number of carboxylic acid groups (broad SMARTS) is 1. The Hall–Kier alpha value is -2.37. The van der Waals surface area contributed by atoms with E-state index in [1.807, 2.05) is 37.3 Å². The van der Waals surface area contributed by atoms with Gasteiger partial charge in [-0.3, -0.25) is 9.59 Å². The molecule has 3 N–H and O–H groups in total. The second-order valence-electron chi connectivity index (χ2n) is 5.31. The molecule has 1 atom stereocenters. The molecule has 0 radical (unpaired) electrons. The van der Waals surface area contributed by atoms with Crippen LogP contribution in [0.2, 0.25) is 0 Å². The van der Waals surface area contributed by atoms with Crippen molar-refractivity contribution in [1.29, 1.82) is 0 Å². The van der Waals surface area contributed by atoms with Gasteiger partial charge < -0.3 is 15.7 Å². The van der Waals surface area contributed by atoms with Gasteiger partial charge in [0.05, 0.1) is 6.54 Å². The number of hydrogen-bond acceptors (Lipinski definition) is 3. The van der Waals surface area contributed by atoms with E-state index in [4.69, 9.17) is 5.11 Å². The third-order valence-electron chi connectivity index (χ3n) is 3.17. The molecule has 1 aromatic rings. The molecule has 1 rings (SSSR count). The zero-order valence-electron chi connectivity index (χ0n) is 12.7. The van der Waals surface area contributed by atoms with Gasteiger partial charge in [-0.1, -0.05) is 37.3 Å². The minimum absolute atomic E-state index is 0.0217. The summed E-state index contributed by atoms with van der Waals surface area (Å²) in [5.41, 5.74) is 0.926. The third-order valence-corrected chi connectivity index (χ3v) is 3.17. The van der Waals surface area contributed by atoms with Crippen LogP contribution in [0.5, 0.6) is 0 Å². The summed E-state index contributed by atoms with van der Waals surface area (Å²) in [4.78, 5) is 33.8. The van der Waals surface area contributed by atoms with E-state index in [1.165, 1.54) is 0 Å². The van der Waals surface area contributed by atoms with Crippen molar-refractivity contribution in [2.24, 2.45) is 5.92 Å². The molecule has 2 amide bonds. The van der Waals surface area contributed by atoms with Crippen molar-refractivity contribution >= 4 is 17.8 Å². The molecule has 0 heterocycles. The standard InChI is InChI=1S/C16H22N2O4/c1-12(7-8-17-16(21)22)9-15(20)18-11-14(19)10-13-5-3-2-4-6-13/h2-6,12,17H,7-11H2,1H3,(H,18,20)(H,21,22). The van der Waals surface area contributed by atoms with Gasteiger partial charge in [-0.2, -0.15) is 0 Å². The molecular formula is C16H22N2O4. The van der Waals surface area contributed by atoms with Crippen LogP contribution in [0.3, 0.4) is 0 Å². The summed E-state index contributed by atoms with van der Waals surface area (Å²) >= 11 is 0. The highest BCUT2D eigenvalue weighted by atomic mass is 16.4. The highest BCUT2D eigenvalue weighted by molar-refractivity contribution is 5.87. The number of nitrogens with one attached hydrogen (secondary N) is 2. The molecule has 1 aromatic carbocycles. The van der Waals surface area contributed by atoms with Crippen LogP contribution in [0, 0.1) is 5.92 Å².